The summed E-state index contributed by atoms with van der Waals surface area (Å²) in [6, 6.07) is 1.71. The standard InChI is InChI=1S/C8H5FN4/c1-5-3-11-8-7(9)6(2-10)4-12-13(5)8/h3-4H,1H3. The van der Waals surface area contributed by atoms with Crippen molar-refractivity contribution in [2.24, 2.45) is 0 Å². The van der Waals surface area contributed by atoms with Crippen molar-refractivity contribution in [3.63, 3.8) is 0 Å². The van der Waals surface area contributed by atoms with E-state index in [-0.39, 0.29) is 11.2 Å². The summed E-state index contributed by atoms with van der Waals surface area (Å²) in [5.41, 5.74) is 0.744. The monoisotopic (exact) mass is 176 g/mol. The summed E-state index contributed by atoms with van der Waals surface area (Å²) >= 11 is 0. The average Bonchev–Trinajstić information content (AvgIpc) is 2.50. The number of aryl methyl sites for hydroxylation is 1. The first-order valence-electron chi connectivity index (χ1n) is 3.63. The number of nitrogens with zero attached hydrogens (tertiary/aromatic N) is 4. The highest BCUT2D eigenvalue weighted by Gasteiger charge is 2.10. The molecule has 2 rings (SSSR count). The van der Waals surface area contributed by atoms with Crippen LogP contribution in [-0.4, -0.2) is 14.6 Å². The van der Waals surface area contributed by atoms with E-state index in [0.717, 1.165) is 5.69 Å². The maximum atomic E-state index is 13.3. The molecule has 0 aromatic carbocycles. The third kappa shape index (κ3) is 0.957. The lowest BCUT2D eigenvalue weighted by molar-refractivity contribution is 0.617. The van der Waals surface area contributed by atoms with Crippen LogP contribution in [0.5, 0.6) is 0 Å². The molecule has 64 valence electrons. The topological polar surface area (TPSA) is 54.0 Å². The minimum absolute atomic E-state index is 0.0851. The number of rotatable bonds is 0. The van der Waals surface area contributed by atoms with Gasteiger partial charge in [0.2, 0.25) is 0 Å². The predicted octanol–water partition coefficient (Wildman–Crippen LogP) is 1.05. The van der Waals surface area contributed by atoms with Gasteiger partial charge in [0.25, 0.3) is 0 Å². The van der Waals surface area contributed by atoms with Crippen LogP contribution in [0.2, 0.25) is 0 Å². The van der Waals surface area contributed by atoms with E-state index in [2.05, 4.69) is 10.1 Å². The van der Waals surface area contributed by atoms with Crippen molar-refractivity contribution in [3.8, 4) is 6.07 Å². The molecule has 4 nitrogen and oxygen atoms in total. The number of halogens is 1. The molecule has 0 spiro atoms. The van der Waals surface area contributed by atoms with Gasteiger partial charge in [0.1, 0.15) is 11.6 Å². The van der Waals surface area contributed by atoms with Gasteiger partial charge in [-0.2, -0.15) is 10.4 Å². The molecule has 2 aromatic heterocycles. The van der Waals surface area contributed by atoms with Crippen LogP contribution in [0.4, 0.5) is 4.39 Å². The summed E-state index contributed by atoms with van der Waals surface area (Å²) in [4.78, 5) is 3.80. The molecule has 0 fully saturated rings. The van der Waals surface area contributed by atoms with Crippen molar-refractivity contribution in [3.05, 3.63) is 29.5 Å². The fourth-order valence-corrected chi connectivity index (χ4v) is 1.10. The van der Waals surface area contributed by atoms with E-state index in [1.807, 2.05) is 0 Å². The Balaban J connectivity index is 2.90. The fraction of sp³-hybridized carbons (Fsp3) is 0.125. The van der Waals surface area contributed by atoms with Gasteiger partial charge in [0.15, 0.2) is 11.5 Å². The van der Waals surface area contributed by atoms with Crippen LogP contribution in [0.25, 0.3) is 5.65 Å². The molecule has 0 amide bonds. The van der Waals surface area contributed by atoms with E-state index in [9.17, 15) is 4.39 Å². The molecule has 0 bridgehead atoms. The molecule has 0 unspecified atom stereocenters. The van der Waals surface area contributed by atoms with Gasteiger partial charge >= 0.3 is 0 Å². The summed E-state index contributed by atoms with van der Waals surface area (Å²) in [6.07, 6.45) is 2.70. The van der Waals surface area contributed by atoms with Gasteiger partial charge in [0, 0.05) is 0 Å². The zero-order chi connectivity index (χ0) is 9.42. The molecule has 0 atom stereocenters. The number of hydrogen-bond acceptors (Lipinski definition) is 3. The van der Waals surface area contributed by atoms with Crippen molar-refractivity contribution in [2.75, 3.05) is 0 Å². The molecule has 0 saturated carbocycles. The minimum Gasteiger partial charge on any atom is -0.233 e. The second kappa shape index (κ2) is 2.52. The molecule has 13 heavy (non-hydrogen) atoms. The lowest BCUT2D eigenvalue weighted by atomic mass is 10.3. The number of aromatic nitrogens is 3. The zero-order valence-electron chi connectivity index (χ0n) is 6.82. The van der Waals surface area contributed by atoms with E-state index < -0.39 is 5.82 Å². The van der Waals surface area contributed by atoms with Gasteiger partial charge in [-0.3, -0.25) is 0 Å². The summed E-state index contributed by atoms with van der Waals surface area (Å²) in [7, 11) is 0. The van der Waals surface area contributed by atoms with Gasteiger partial charge in [0.05, 0.1) is 18.1 Å². The zero-order valence-corrected chi connectivity index (χ0v) is 6.82. The average molecular weight is 176 g/mol. The smallest absolute Gasteiger partial charge is 0.191 e. The SMILES string of the molecule is Cc1cnc2c(F)c(C#N)cnn12. The molecule has 5 heteroatoms. The Bertz CT molecular complexity index is 509. The second-order valence-electron chi connectivity index (χ2n) is 2.62. The Morgan fingerprint density at radius 1 is 1.54 bits per heavy atom. The van der Waals surface area contributed by atoms with Crippen LogP contribution in [0.3, 0.4) is 0 Å². The Labute approximate surface area is 73.2 Å². The van der Waals surface area contributed by atoms with E-state index in [0.29, 0.717) is 0 Å². The molecule has 0 saturated heterocycles. The fourth-order valence-electron chi connectivity index (χ4n) is 1.10. The number of hydrogen-bond donors (Lipinski definition) is 0. The van der Waals surface area contributed by atoms with E-state index >= 15 is 0 Å². The summed E-state index contributed by atoms with van der Waals surface area (Å²) in [5, 5.41) is 12.4. The molecule has 0 aliphatic rings. The molecule has 2 heterocycles. The number of imidazole rings is 1. The van der Waals surface area contributed by atoms with E-state index in [1.54, 1.807) is 13.0 Å². The number of fused-ring (bicyclic) bond motifs is 1. The molecule has 0 aliphatic heterocycles. The predicted molar refractivity (Wildman–Crippen MR) is 42.4 cm³/mol. The second-order valence-corrected chi connectivity index (χ2v) is 2.62. The maximum absolute atomic E-state index is 13.3. The summed E-state index contributed by atoms with van der Waals surface area (Å²) < 4.78 is 14.7. The van der Waals surface area contributed by atoms with Gasteiger partial charge in [-0.15, -0.1) is 0 Å². The highest BCUT2D eigenvalue weighted by atomic mass is 19.1. The van der Waals surface area contributed by atoms with Crippen LogP contribution < -0.4 is 0 Å². The summed E-state index contributed by atoms with van der Waals surface area (Å²) in [5.74, 6) is -0.620. The van der Waals surface area contributed by atoms with Crippen LogP contribution in [0, 0.1) is 24.1 Å². The first kappa shape index (κ1) is 7.68. The van der Waals surface area contributed by atoms with Crippen LogP contribution in [-0.2, 0) is 0 Å². The maximum Gasteiger partial charge on any atom is 0.191 e. The highest BCUT2D eigenvalue weighted by Crippen LogP contribution is 2.11. The van der Waals surface area contributed by atoms with E-state index in [4.69, 9.17) is 5.26 Å². The Hall–Kier alpha value is -1.96. The van der Waals surface area contributed by atoms with Gasteiger partial charge in [-0.05, 0) is 6.92 Å². The van der Waals surface area contributed by atoms with Crippen LogP contribution in [0.1, 0.15) is 11.3 Å². The van der Waals surface area contributed by atoms with Crippen molar-refractivity contribution in [1.29, 1.82) is 5.26 Å². The van der Waals surface area contributed by atoms with Crippen LogP contribution in [0.15, 0.2) is 12.4 Å². The third-order valence-corrected chi connectivity index (χ3v) is 1.76. The van der Waals surface area contributed by atoms with E-state index in [1.165, 1.54) is 16.9 Å². The lowest BCUT2D eigenvalue weighted by Gasteiger charge is -1.96. The first-order valence-corrected chi connectivity index (χ1v) is 3.63. The minimum atomic E-state index is -0.620. The quantitative estimate of drug-likeness (QED) is 0.602. The van der Waals surface area contributed by atoms with Gasteiger partial charge < -0.3 is 0 Å². The lowest BCUT2D eigenvalue weighted by Crippen LogP contribution is -1.98. The van der Waals surface area contributed by atoms with Crippen LogP contribution >= 0.6 is 0 Å². The Morgan fingerprint density at radius 2 is 2.31 bits per heavy atom. The Morgan fingerprint density at radius 3 is 3.00 bits per heavy atom. The molecule has 2 aromatic rings. The van der Waals surface area contributed by atoms with Gasteiger partial charge in [-0.25, -0.2) is 13.9 Å². The molecule has 0 aliphatic carbocycles. The largest absolute Gasteiger partial charge is 0.233 e. The normalized spacial score (nSPS) is 10.2. The first-order chi connectivity index (χ1) is 6.24. The highest BCUT2D eigenvalue weighted by molar-refractivity contribution is 5.46. The molecular formula is C8H5FN4. The van der Waals surface area contributed by atoms with Crippen molar-refractivity contribution >= 4 is 5.65 Å². The van der Waals surface area contributed by atoms with Crippen molar-refractivity contribution in [2.45, 2.75) is 6.92 Å². The Kier molecular flexibility index (Phi) is 1.49. The number of nitriles is 1. The molecule has 0 radical (unpaired) electrons. The molecular weight excluding hydrogens is 171 g/mol. The van der Waals surface area contributed by atoms with Crippen molar-refractivity contribution in [1.82, 2.24) is 14.6 Å². The summed E-state index contributed by atoms with van der Waals surface area (Å²) in [6.45, 7) is 1.76. The molecule has 0 N–H and O–H groups in total. The third-order valence-electron chi connectivity index (χ3n) is 1.76. The van der Waals surface area contributed by atoms with Crippen molar-refractivity contribution < 1.29 is 4.39 Å². The van der Waals surface area contributed by atoms with Gasteiger partial charge in [-0.1, -0.05) is 0 Å².